The fourth-order valence-corrected chi connectivity index (χ4v) is 2.60. The van der Waals surface area contributed by atoms with Gasteiger partial charge in [-0.3, -0.25) is 14.7 Å². The third kappa shape index (κ3) is 4.01. The highest BCUT2D eigenvalue weighted by atomic mass is 16.5. The third-order valence-electron chi connectivity index (χ3n) is 3.75. The van der Waals surface area contributed by atoms with Gasteiger partial charge in [-0.25, -0.2) is 4.79 Å². The molecule has 6 nitrogen and oxygen atoms in total. The first-order valence-corrected chi connectivity index (χ1v) is 7.11. The Bertz CT molecular complexity index is 501. The molecule has 1 aromatic heterocycles. The largest absolute Gasteiger partial charge is 0.465 e. The van der Waals surface area contributed by atoms with Crippen LogP contribution in [0.1, 0.15) is 28.9 Å². The molecule has 114 valence electrons. The van der Waals surface area contributed by atoms with Crippen LogP contribution in [0.25, 0.3) is 0 Å². The second-order valence-electron chi connectivity index (χ2n) is 5.22. The van der Waals surface area contributed by atoms with Crippen molar-refractivity contribution < 1.29 is 14.3 Å². The smallest absolute Gasteiger partial charge is 0.339 e. The number of amides is 1. The van der Waals surface area contributed by atoms with Gasteiger partial charge in [0.05, 0.1) is 24.3 Å². The van der Waals surface area contributed by atoms with Crippen LogP contribution in [-0.4, -0.2) is 49.0 Å². The molecule has 0 radical (unpaired) electrons. The van der Waals surface area contributed by atoms with E-state index in [1.807, 2.05) is 6.07 Å². The van der Waals surface area contributed by atoms with Gasteiger partial charge < -0.3 is 10.1 Å². The van der Waals surface area contributed by atoms with Crippen LogP contribution in [0.15, 0.2) is 18.3 Å². The minimum absolute atomic E-state index is 0.0538. The van der Waals surface area contributed by atoms with E-state index in [2.05, 4.69) is 19.9 Å². The summed E-state index contributed by atoms with van der Waals surface area (Å²) in [6.07, 6.45) is 3.48. The molecule has 0 saturated carbocycles. The van der Waals surface area contributed by atoms with Crippen LogP contribution in [0, 0.1) is 5.92 Å². The van der Waals surface area contributed by atoms with Crippen LogP contribution < -0.4 is 5.32 Å². The summed E-state index contributed by atoms with van der Waals surface area (Å²) in [6, 6.07) is 3.55. The maximum Gasteiger partial charge on any atom is 0.339 e. The summed E-state index contributed by atoms with van der Waals surface area (Å²) in [5.41, 5.74) is 1.34. The van der Waals surface area contributed by atoms with Gasteiger partial charge in [0.15, 0.2) is 0 Å². The first-order chi connectivity index (χ1) is 10.1. The Morgan fingerprint density at radius 1 is 1.48 bits per heavy atom. The van der Waals surface area contributed by atoms with Crippen LogP contribution >= 0.6 is 0 Å². The number of piperidine rings is 1. The zero-order chi connectivity index (χ0) is 15.2. The maximum atomic E-state index is 11.7. The molecule has 1 fully saturated rings. The molecule has 1 atom stereocenters. The molecule has 0 spiro atoms. The predicted molar refractivity (Wildman–Crippen MR) is 77.6 cm³/mol. The number of hydrogen-bond acceptors (Lipinski definition) is 5. The van der Waals surface area contributed by atoms with Crippen molar-refractivity contribution in [2.24, 2.45) is 5.92 Å². The van der Waals surface area contributed by atoms with E-state index >= 15 is 0 Å². The standard InChI is InChI=1S/C15H21N3O3/c1-16-14(19)12-4-3-7-18(9-12)10-13-6-5-11(8-17-13)15(20)21-2/h5-6,8,12H,3-4,7,9-10H2,1-2H3,(H,16,19). The molecule has 2 heterocycles. The van der Waals surface area contributed by atoms with Crippen molar-refractivity contribution in [1.82, 2.24) is 15.2 Å². The highest BCUT2D eigenvalue weighted by Crippen LogP contribution is 2.18. The lowest BCUT2D eigenvalue weighted by Crippen LogP contribution is -2.41. The normalized spacial score (nSPS) is 19.0. The molecule has 1 N–H and O–H groups in total. The lowest BCUT2D eigenvalue weighted by molar-refractivity contribution is -0.126. The number of nitrogens with one attached hydrogen (secondary N) is 1. The molecule has 21 heavy (non-hydrogen) atoms. The number of aromatic nitrogens is 1. The molecular weight excluding hydrogens is 270 g/mol. The van der Waals surface area contributed by atoms with Gasteiger partial charge in [-0.1, -0.05) is 0 Å². The van der Waals surface area contributed by atoms with Crippen LogP contribution in [-0.2, 0) is 16.1 Å². The Hall–Kier alpha value is -1.95. The SMILES string of the molecule is CNC(=O)C1CCCN(Cc2ccc(C(=O)OC)cn2)C1. The highest BCUT2D eigenvalue weighted by molar-refractivity contribution is 5.88. The summed E-state index contributed by atoms with van der Waals surface area (Å²) >= 11 is 0. The Kier molecular flexibility index (Phi) is 5.27. The fraction of sp³-hybridized carbons (Fsp3) is 0.533. The molecule has 1 amide bonds. The van der Waals surface area contributed by atoms with E-state index < -0.39 is 0 Å². The molecule has 0 aliphatic carbocycles. The zero-order valence-corrected chi connectivity index (χ0v) is 12.5. The van der Waals surface area contributed by atoms with Crippen molar-refractivity contribution in [3.05, 3.63) is 29.6 Å². The Labute approximate surface area is 124 Å². The Balaban J connectivity index is 1.95. The van der Waals surface area contributed by atoms with Gasteiger partial charge >= 0.3 is 5.97 Å². The van der Waals surface area contributed by atoms with E-state index in [0.717, 1.165) is 31.6 Å². The Morgan fingerprint density at radius 2 is 2.29 bits per heavy atom. The minimum Gasteiger partial charge on any atom is -0.465 e. The second kappa shape index (κ2) is 7.17. The minimum atomic E-state index is -0.383. The molecule has 1 aromatic rings. The molecule has 1 aliphatic heterocycles. The lowest BCUT2D eigenvalue weighted by atomic mass is 9.97. The van der Waals surface area contributed by atoms with E-state index in [9.17, 15) is 9.59 Å². The molecule has 6 heteroatoms. The molecule has 1 unspecified atom stereocenters. The van der Waals surface area contributed by atoms with Gasteiger partial charge in [0, 0.05) is 26.3 Å². The van der Waals surface area contributed by atoms with Crippen LogP contribution in [0.2, 0.25) is 0 Å². The van der Waals surface area contributed by atoms with E-state index in [1.165, 1.54) is 13.3 Å². The summed E-state index contributed by atoms with van der Waals surface area (Å²) in [4.78, 5) is 29.6. The van der Waals surface area contributed by atoms with Crippen molar-refractivity contribution in [3.8, 4) is 0 Å². The zero-order valence-electron chi connectivity index (χ0n) is 12.5. The average Bonchev–Trinajstić information content (AvgIpc) is 2.54. The number of likely N-dealkylation sites (tertiary alicyclic amines) is 1. The predicted octanol–water partition coefficient (Wildman–Crippen LogP) is 0.826. The molecule has 1 saturated heterocycles. The quantitative estimate of drug-likeness (QED) is 0.832. The van der Waals surface area contributed by atoms with Crippen molar-refractivity contribution in [3.63, 3.8) is 0 Å². The second-order valence-corrected chi connectivity index (χ2v) is 5.22. The number of pyridine rings is 1. The topological polar surface area (TPSA) is 71.5 Å². The maximum absolute atomic E-state index is 11.7. The summed E-state index contributed by atoms with van der Waals surface area (Å²) in [7, 11) is 3.03. The van der Waals surface area contributed by atoms with Crippen molar-refractivity contribution >= 4 is 11.9 Å². The van der Waals surface area contributed by atoms with E-state index in [-0.39, 0.29) is 17.8 Å². The summed E-state index contributed by atoms with van der Waals surface area (Å²) in [6.45, 7) is 2.41. The number of hydrogen-bond donors (Lipinski definition) is 1. The first kappa shape index (κ1) is 15.4. The number of methoxy groups -OCH3 is 1. The number of carbonyl (C=O) groups is 2. The van der Waals surface area contributed by atoms with Crippen molar-refractivity contribution in [2.45, 2.75) is 19.4 Å². The van der Waals surface area contributed by atoms with E-state index in [0.29, 0.717) is 12.1 Å². The molecule has 0 aromatic carbocycles. The summed E-state index contributed by atoms with van der Waals surface area (Å²) in [5, 5.41) is 2.71. The highest BCUT2D eigenvalue weighted by Gasteiger charge is 2.25. The lowest BCUT2D eigenvalue weighted by Gasteiger charge is -2.31. The number of esters is 1. The molecule has 1 aliphatic rings. The number of ether oxygens (including phenoxy) is 1. The van der Waals surface area contributed by atoms with Crippen LogP contribution in [0.5, 0.6) is 0 Å². The van der Waals surface area contributed by atoms with Gasteiger partial charge in [-0.2, -0.15) is 0 Å². The van der Waals surface area contributed by atoms with Gasteiger partial charge in [0.2, 0.25) is 5.91 Å². The Morgan fingerprint density at radius 3 is 2.90 bits per heavy atom. The van der Waals surface area contributed by atoms with Crippen LogP contribution in [0.4, 0.5) is 0 Å². The third-order valence-corrected chi connectivity index (χ3v) is 3.75. The van der Waals surface area contributed by atoms with E-state index in [1.54, 1.807) is 13.1 Å². The summed E-state index contributed by atoms with van der Waals surface area (Å²) in [5.74, 6) is -0.224. The fourth-order valence-electron chi connectivity index (χ4n) is 2.60. The van der Waals surface area contributed by atoms with Crippen molar-refractivity contribution in [1.29, 1.82) is 0 Å². The molecule has 0 bridgehead atoms. The van der Waals surface area contributed by atoms with Gasteiger partial charge in [0.1, 0.15) is 0 Å². The number of rotatable bonds is 4. The van der Waals surface area contributed by atoms with Crippen LogP contribution in [0.3, 0.4) is 0 Å². The van der Waals surface area contributed by atoms with E-state index in [4.69, 9.17) is 0 Å². The van der Waals surface area contributed by atoms with Gasteiger partial charge in [-0.05, 0) is 31.5 Å². The van der Waals surface area contributed by atoms with Crippen molar-refractivity contribution in [2.75, 3.05) is 27.2 Å². The first-order valence-electron chi connectivity index (χ1n) is 7.11. The monoisotopic (exact) mass is 291 g/mol. The number of nitrogens with zero attached hydrogens (tertiary/aromatic N) is 2. The molecule has 2 rings (SSSR count). The summed E-state index contributed by atoms with van der Waals surface area (Å²) < 4.78 is 4.65. The van der Waals surface area contributed by atoms with Gasteiger partial charge in [-0.15, -0.1) is 0 Å². The molecular formula is C15H21N3O3. The average molecular weight is 291 g/mol. The number of carbonyl (C=O) groups excluding carboxylic acids is 2. The van der Waals surface area contributed by atoms with Gasteiger partial charge in [0.25, 0.3) is 0 Å².